The lowest BCUT2D eigenvalue weighted by Crippen LogP contribution is -2.06. The second-order valence-electron chi connectivity index (χ2n) is 2.64. The number of aliphatic hydroxyl groups is 1. The molecule has 52 valence electrons. The Bertz CT molecular complexity index is 104. The van der Waals surface area contributed by atoms with Crippen molar-refractivity contribution in [2.45, 2.75) is 20.3 Å². The summed E-state index contributed by atoms with van der Waals surface area (Å²) in [5.41, 5.74) is 0. The Balaban J connectivity index is 3.47. The van der Waals surface area contributed by atoms with Crippen LogP contribution in [-0.2, 0) is 0 Å². The first-order valence-electron chi connectivity index (χ1n) is 3.21. The van der Waals surface area contributed by atoms with E-state index in [0.29, 0.717) is 5.92 Å². The highest BCUT2D eigenvalue weighted by Gasteiger charge is 2.06. The third-order valence-electron chi connectivity index (χ3n) is 1.16. The fourth-order valence-electron chi connectivity index (χ4n) is 0.737. The zero-order valence-corrected chi connectivity index (χ0v) is 5.96. The quantitative estimate of drug-likeness (QED) is 0.618. The monoisotopic (exact) mass is 127 g/mol. The molecule has 2 nitrogen and oxygen atoms in total. The van der Waals surface area contributed by atoms with E-state index >= 15 is 0 Å². The number of aliphatic hydroxyl groups excluding tert-OH is 1. The molecule has 0 aliphatic heterocycles. The van der Waals surface area contributed by atoms with Gasteiger partial charge in [-0.1, -0.05) is 13.8 Å². The summed E-state index contributed by atoms with van der Waals surface area (Å²) in [6.07, 6.45) is 0.799. The van der Waals surface area contributed by atoms with Crippen LogP contribution in [0.1, 0.15) is 20.3 Å². The van der Waals surface area contributed by atoms with Crippen molar-refractivity contribution in [1.82, 2.24) is 0 Å². The van der Waals surface area contributed by atoms with Crippen LogP contribution in [0.15, 0.2) is 0 Å². The number of nitriles is 1. The summed E-state index contributed by atoms with van der Waals surface area (Å²) >= 11 is 0. The topological polar surface area (TPSA) is 44.0 Å². The molecule has 2 heteroatoms. The lowest BCUT2D eigenvalue weighted by atomic mass is 10.00. The molecule has 0 aliphatic rings. The van der Waals surface area contributed by atoms with E-state index < -0.39 is 0 Å². The van der Waals surface area contributed by atoms with Crippen LogP contribution in [0.2, 0.25) is 0 Å². The van der Waals surface area contributed by atoms with E-state index in [1.165, 1.54) is 0 Å². The van der Waals surface area contributed by atoms with Crippen molar-refractivity contribution in [3.05, 3.63) is 0 Å². The normalized spacial score (nSPS) is 13.2. The van der Waals surface area contributed by atoms with E-state index in [9.17, 15) is 0 Å². The zero-order valence-electron chi connectivity index (χ0n) is 5.96. The van der Waals surface area contributed by atoms with Gasteiger partial charge in [0.05, 0.1) is 18.6 Å². The van der Waals surface area contributed by atoms with Crippen molar-refractivity contribution in [2.75, 3.05) is 6.61 Å². The predicted octanol–water partition coefficient (Wildman–Crippen LogP) is 1.16. The van der Waals surface area contributed by atoms with Crippen LogP contribution in [0.3, 0.4) is 0 Å². The number of nitrogens with zero attached hydrogens (tertiary/aromatic N) is 1. The van der Waals surface area contributed by atoms with Gasteiger partial charge in [-0.3, -0.25) is 0 Å². The molecule has 0 spiro atoms. The van der Waals surface area contributed by atoms with Gasteiger partial charge in [0.1, 0.15) is 0 Å². The molecule has 1 atom stereocenters. The summed E-state index contributed by atoms with van der Waals surface area (Å²) in [6.45, 7) is 4.08. The molecule has 0 aromatic heterocycles. The predicted molar refractivity (Wildman–Crippen MR) is 35.6 cm³/mol. The second kappa shape index (κ2) is 4.34. The van der Waals surface area contributed by atoms with Crippen LogP contribution in [0, 0.1) is 23.2 Å². The van der Waals surface area contributed by atoms with Gasteiger partial charge in [0, 0.05) is 0 Å². The standard InChI is InChI=1S/C7H13NO/c1-6(2)3-7(4-8)5-9/h6-7,9H,3,5H2,1-2H3/t7-/m0/s1. The van der Waals surface area contributed by atoms with Gasteiger partial charge in [0.25, 0.3) is 0 Å². The first-order valence-corrected chi connectivity index (χ1v) is 3.21. The molecular formula is C7H13NO. The average Bonchev–Trinajstić information content (AvgIpc) is 1.82. The SMILES string of the molecule is CC(C)C[C@@H](C#N)CO. The first-order chi connectivity index (χ1) is 4.20. The summed E-state index contributed by atoms with van der Waals surface area (Å²) in [4.78, 5) is 0. The van der Waals surface area contributed by atoms with Gasteiger partial charge >= 0.3 is 0 Å². The molecule has 0 saturated heterocycles. The Morgan fingerprint density at radius 2 is 2.11 bits per heavy atom. The zero-order chi connectivity index (χ0) is 7.28. The Labute approximate surface area is 56.1 Å². The van der Waals surface area contributed by atoms with Crippen LogP contribution in [0.25, 0.3) is 0 Å². The summed E-state index contributed by atoms with van der Waals surface area (Å²) in [5, 5.41) is 16.9. The smallest absolute Gasteiger partial charge is 0.0696 e. The summed E-state index contributed by atoms with van der Waals surface area (Å²) < 4.78 is 0. The van der Waals surface area contributed by atoms with Crippen molar-refractivity contribution in [3.8, 4) is 6.07 Å². The summed E-state index contributed by atoms with van der Waals surface area (Å²) in [6, 6.07) is 2.03. The number of rotatable bonds is 3. The molecular weight excluding hydrogens is 114 g/mol. The minimum Gasteiger partial charge on any atom is -0.395 e. The third kappa shape index (κ3) is 3.99. The summed E-state index contributed by atoms with van der Waals surface area (Å²) in [7, 11) is 0. The van der Waals surface area contributed by atoms with Crippen LogP contribution >= 0.6 is 0 Å². The van der Waals surface area contributed by atoms with Crippen LogP contribution in [0.5, 0.6) is 0 Å². The number of hydrogen-bond acceptors (Lipinski definition) is 2. The third-order valence-corrected chi connectivity index (χ3v) is 1.16. The van der Waals surface area contributed by atoms with Crippen molar-refractivity contribution in [3.63, 3.8) is 0 Å². The molecule has 0 aromatic carbocycles. The molecule has 0 aromatic rings. The Morgan fingerprint density at radius 1 is 1.56 bits per heavy atom. The van der Waals surface area contributed by atoms with Gasteiger partial charge in [0.15, 0.2) is 0 Å². The van der Waals surface area contributed by atoms with Crippen LogP contribution in [0.4, 0.5) is 0 Å². The minimum atomic E-state index is -0.162. The fourth-order valence-corrected chi connectivity index (χ4v) is 0.737. The molecule has 0 radical (unpaired) electrons. The Hall–Kier alpha value is -0.550. The lowest BCUT2D eigenvalue weighted by Gasteiger charge is -2.06. The van der Waals surface area contributed by atoms with E-state index in [1.54, 1.807) is 0 Å². The molecule has 0 bridgehead atoms. The highest BCUT2D eigenvalue weighted by Crippen LogP contribution is 2.08. The second-order valence-corrected chi connectivity index (χ2v) is 2.64. The van der Waals surface area contributed by atoms with Crippen molar-refractivity contribution in [2.24, 2.45) is 11.8 Å². The average molecular weight is 127 g/mol. The molecule has 0 rings (SSSR count). The van der Waals surface area contributed by atoms with Crippen molar-refractivity contribution >= 4 is 0 Å². The molecule has 0 aliphatic carbocycles. The van der Waals surface area contributed by atoms with E-state index in [1.807, 2.05) is 19.9 Å². The Kier molecular flexibility index (Phi) is 4.08. The van der Waals surface area contributed by atoms with E-state index in [4.69, 9.17) is 10.4 Å². The van der Waals surface area contributed by atoms with Crippen molar-refractivity contribution in [1.29, 1.82) is 5.26 Å². The molecule has 0 heterocycles. The maximum absolute atomic E-state index is 8.55. The molecule has 0 unspecified atom stereocenters. The molecule has 9 heavy (non-hydrogen) atoms. The molecule has 1 N–H and O–H groups in total. The van der Waals surface area contributed by atoms with Gasteiger partial charge < -0.3 is 5.11 Å². The van der Waals surface area contributed by atoms with Crippen LogP contribution < -0.4 is 0 Å². The molecule has 0 saturated carbocycles. The van der Waals surface area contributed by atoms with E-state index in [0.717, 1.165) is 6.42 Å². The largest absolute Gasteiger partial charge is 0.395 e. The summed E-state index contributed by atoms with van der Waals surface area (Å²) in [5.74, 6) is 0.340. The van der Waals surface area contributed by atoms with E-state index in [-0.39, 0.29) is 12.5 Å². The van der Waals surface area contributed by atoms with Gasteiger partial charge in [-0.2, -0.15) is 5.26 Å². The highest BCUT2D eigenvalue weighted by molar-refractivity contribution is 4.82. The van der Waals surface area contributed by atoms with Gasteiger partial charge in [-0.15, -0.1) is 0 Å². The Morgan fingerprint density at radius 3 is 2.22 bits per heavy atom. The fraction of sp³-hybridized carbons (Fsp3) is 0.857. The van der Waals surface area contributed by atoms with Crippen molar-refractivity contribution < 1.29 is 5.11 Å². The van der Waals surface area contributed by atoms with E-state index in [2.05, 4.69) is 0 Å². The number of hydrogen-bond donors (Lipinski definition) is 1. The maximum Gasteiger partial charge on any atom is 0.0696 e. The minimum absolute atomic E-state index is 0.00528. The molecule has 0 fully saturated rings. The first kappa shape index (κ1) is 8.45. The maximum atomic E-state index is 8.55. The van der Waals surface area contributed by atoms with Gasteiger partial charge in [-0.05, 0) is 12.3 Å². The van der Waals surface area contributed by atoms with Crippen LogP contribution in [-0.4, -0.2) is 11.7 Å². The molecule has 0 amide bonds. The van der Waals surface area contributed by atoms with Gasteiger partial charge in [0.2, 0.25) is 0 Å². The highest BCUT2D eigenvalue weighted by atomic mass is 16.3. The van der Waals surface area contributed by atoms with Gasteiger partial charge in [-0.25, -0.2) is 0 Å². The lowest BCUT2D eigenvalue weighted by molar-refractivity contribution is 0.239.